The van der Waals surface area contributed by atoms with Crippen LogP contribution in [-0.2, 0) is 17.7 Å². The number of aryl methyl sites for hydroxylation is 1. The first-order chi connectivity index (χ1) is 9.31. The molecule has 19 heavy (non-hydrogen) atoms. The van der Waals surface area contributed by atoms with Gasteiger partial charge in [0.25, 0.3) is 5.91 Å². The highest BCUT2D eigenvalue weighted by molar-refractivity contribution is 7.15. The Balaban J connectivity index is 2.03. The lowest BCUT2D eigenvalue weighted by atomic mass is 10.1. The highest BCUT2D eigenvalue weighted by atomic mass is 32.1. The predicted molar refractivity (Wildman–Crippen MR) is 74.8 cm³/mol. The van der Waals surface area contributed by atoms with Gasteiger partial charge in [-0.2, -0.15) is 0 Å². The normalized spacial score (nSPS) is 13.5. The first-order valence-electron chi connectivity index (χ1n) is 6.51. The first kappa shape index (κ1) is 12.4. The average molecular weight is 276 g/mol. The number of hydrogen-bond acceptors (Lipinski definition) is 3. The van der Waals surface area contributed by atoms with Gasteiger partial charge >= 0.3 is 0 Å². The molecule has 3 rings (SSSR count). The van der Waals surface area contributed by atoms with Crippen LogP contribution in [0.5, 0.6) is 0 Å². The van der Waals surface area contributed by atoms with E-state index in [4.69, 9.17) is 4.84 Å². The second-order valence-corrected chi connectivity index (χ2v) is 5.58. The third-order valence-corrected chi connectivity index (χ3v) is 4.58. The minimum absolute atomic E-state index is 0.134. The Kier molecular flexibility index (Phi) is 3.40. The summed E-state index contributed by atoms with van der Waals surface area (Å²) >= 11 is 1.71. The smallest absolute Gasteiger partial charge is 0.278 e. The van der Waals surface area contributed by atoms with Gasteiger partial charge in [0.2, 0.25) is 0 Å². The molecule has 1 aliphatic carbocycles. The highest BCUT2D eigenvalue weighted by Gasteiger charge is 2.27. The van der Waals surface area contributed by atoms with E-state index in [-0.39, 0.29) is 5.91 Å². The number of amides is 1. The summed E-state index contributed by atoms with van der Waals surface area (Å²) in [5, 5.41) is 0.993. The fourth-order valence-corrected chi connectivity index (χ4v) is 3.82. The molecular formula is C14H16N2O2S. The minimum atomic E-state index is -0.134. The van der Waals surface area contributed by atoms with E-state index in [9.17, 15) is 4.79 Å². The number of fused-ring (bicyclic) bond motifs is 1. The van der Waals surface area contributed by atoms with Gasteiger partial charge in [0.15, 0.2) is 0 Å². The molecule has 5 heteroatoms. The summed E-state index contributed by atoms with van der Waals surface area (Å²) < 4.78 is 2.00. The number of rotatable bonds is 4. The maximum absolute atomic E-state index is 12.3. The van der Waals surface area contributed by atoms with Crippen LogP contribution < -0.4 is 5.48 Å². The molecule has 0 aromatic carbocycles. The highest BCUT2D eigenvalue weighted by Crippen LogP contribution is 2.37. The van der Waals surface area contributed by atoms with E-state index in [1.165, 1.54) is 10.4 Å². The van der Waals surface area contributed by atoms with Crippen molar-refractivity contribution in [1.29, 1.82) is 0 Å². The summed E-state index contributed by atoms with van der Waals surface area (Å²) in [6.45, 7) is 2.32. The largest absolute Gasteiger partial charge is 0.315 e. The molecule has 1 aliphatic rings. The molecule has 2 aromatic heterocycles. The van der Waals surface area contributed by atoms with Crippen LogP contribution in [0, 0.1) is 0 Å². The van der Waals surface area contributed by atoms with Crippen molar-refractivity contribution >= 4 is 17.2 Å². The van der Waals surface area contributed by atoms with Crippen LogP contribution >= 0.6 is 11.3 Å². The Bertz CT molecular complexity index is 587. The van der Waals surface area contributed by atoms with Crippen molar-refractivity contribution in [2.45, 2.75) is 26.2 Å². The summed E-state index contributed by atoms with van der Waals surface area (Å²) in [6, 6.07) is 3.93. The van der Waals surface area contributed by atoms with Crippen LogP contribution in [0.25, 0.3) is 5.00 Å². The molecule has 0 bridgehead atoms. The van der Waals surface area contributed by atoms with Gasteiger partial charge < -0.3 is 4.57 Å². The number of hydroxylamine groups is 1. The molecule has 1 N–H and O–H groups in total. The number of nitrogens with zero attached hydrogens (tertiary/aromatic N) is 1. The Labute approximate surface area is 116 Å². The van der Waals surface area contributed by atoms with Crippen molar-refractivity contribution in [2.75, 3.05) is 6.61 Å². The summed E-state index contributed by atoms with van der Waals surface area (Å²) in [7, 11) is 0. The number of nitrogens with one attached hydrogen (secondary N) is 1. The molecule has 0 unspecified atom stereocenters. The van der Waals surface area contributed by atoms with Crippen molar-refractivity contribution in [3.05, 3.63) is 40.5 Å². The SMILES string of the molecule is CCONC(=O)c1c(-n2cccc2)sc2c1CCC2. The van der Waals surface area contributed by atoms with Crippen LogP contribution in [0.15, 0.2) is 24.5 Å². The van der Waals surface area contributed by atoms with Crippen LogP contribution in [0.4, 0.5) is 0 Å². The summed E-state index contributed by atoms with van der Waals surface area (Å²) in [5.74, 6) is -0.134. The molecule has 2 aromatic rings. The van der Waals surface area contributed by atoms with Crippen molar-refractivity contribution in [1.82, 2.24) is 10.0 Å². The van der Waals surface area contributed by atoms with Crippen LogP contribution in [0.1, 0.15) is 34.1 Å². The van der Waals surface area contributed by atoms with Crippen molar-refractivity contribution in [2.24, 2.45) is 0 Å². The second-order valence-electron chi connectivity index (χ2n) is 4.49. The molecule has 0 saturated heterocycles. The lowest BCUT2D eigenvalue weighted by Crippen LogP contribution is -2.25. The van der Waals surface area contributed by atoms with Crippen molar-refractivity contribution < 1.29 is 9.63 Å². The molecule has 1 amide bonds. The predicted octanol–water partition coefficient (Wildman–Crippen LogP) is 2.71. The van der Waals surface area contributed by atoms with Gasteiger partial charge in [-0.1, -0.05) is 0 Å². The van der Waals surface area contributed by atoms with Gasteiger partial charge in [-0.05, 0) is 43.9 Å². The van der Waals surface area contributed by atoms with E-state index >= 15 is 0 Å². The Morgan fingerprint density at radius 2 is 2.21 bits per heavy atom. The topological polar surface area (TPSA) is 43.3 Å². The molecule has 0 radical (unpaired) electrons. The molecule has 2 heterocycles. The standard InChI is InChI=1S/C14H16N2O2S/c1-2-18-15-13(17)12-10-6-5-7-11(10)19-14(12)16-8-3-4-9-16/h3-4,8-9H,2,5-7H2,1H3,(H,15,17). The Hall–Kier alpha value is -1.59. The van der Waals surface area contributed by atoms with Crippen molar-refractivity contribution in [3.63, 3.8) is 0 Å². The van der Waals surface area contributed by atoms with Gasteiger partial charge in [0, 0.05) is 17.3 Å². The number of carbonyl (C=O) groups is 1. The maximum atomic E-state index is 12.3. The zero-order valence-corrected chi connectivity index (χ0v) is 11.6. The summed E-state index contributed by atoms with van der Waals surface area (Å²) in [4.78, 5) is 18.7. The van der Waals surface area contributed by atoms with Crippen molar-refractivity contribution in [3.8, 4) is 5.00 Å². The third kappa shape index (κ3) is 2.19. The summed E-state index contributed by atoms with van der Waals surface area (Å²) in [6.07, 6.45) is 7.15. The van der Waals surface area contributed by atoms with Crippen LogP contribution in [-0.4, -0.2) is 17.1 Å². The van der Waals surface area contributed by atoms with E-state index in [0.717, 1.165) is 29.8 Å². The Morgan fingerprint density at radius 1 is 1.42 bits per heavy atom. The van der Waals surface area contributed by atoms with E-state index in [0.29, 0.717) is 6.61 Å². The Morgan fingerprint density at radius 3 is 2.95 bits per heavy atom. The van der Waals surface area contributed by atoms with Crippen LogP contribution in [0.2, 0.25) is 0 Å². The third-order valence-electron chi connectivity index (χ3n) is 3.28. The second kappa shape index (κ2) is 5.19. The number of thiophene rings is 1. The molecule has 0 saturated carbocycles. The molecule has 4 nitrogen and oxygen atoms in total. The zero-order valence-electron chi connectivity index (χ0n) is 10.8. The fraction of sp³-hybridized carbons (Fsp3) is 0.357. The van der Waals surface area contributed by atoms with E-state index in [1.54, 1.807) is 11.3 Å². The maximum Gasteiger partial charge on any atom is 0.278 e. The van der Waals surface area contributed by atoms with Gasteiger partial charge in [0.05, 0.1) is 12.2 Å². The zero-order chi connectivity index (χ0) is 13.2. The van der Waals surface area contributed by atoms with Gasteiger partial charge in [0.1, 0.15) is 5.00 Å². The fourth-order valence-electron chi connectivity index (χ4n) is 2.46. The summed E-state index contributed by atoms with van der Waals surface area (Å²) in [5.41, 5.74) is 4.50. The molecule has 0 atom stereocenters. The molecule has 0 spiro atoms. The van der Waals surface area contributed by atoms with E-state index in [2.05, 4.69) is 5.48 Å². The number of aromatic nitrogens is 1. The van der Waals surface area contributed by atoms with Gasteiger partial charge in [-0.3, -0.25) is 9.63 Å². The van der Waals surface area contributed by atoms with Gasteiger partial charge in [-0.15, -0.1) is 11.3 Å². The quantitative estimate of drug-likeness (QED) is 0.873. The number of carbonyl (C=O) groups excluding carboxylic acids is 1. The first-order valence-corrected chi connectivity index (χ1v) is 7.33. The lowest BCUT2D eigenvalue weighted by Gasteiger charge is -2.08. The monoisotopic (exact) mass is 276 g/mol. The van der Waals surface area contributed by atoms with E-state index < -0.39 is 0 Å². The average Bonchev–Trinajstić information content (AvgIpc) is 3.09. The lowest BCUT2D eigenvalue weighted by molar-refractivity contribution is 0.0364. The molecule has 100 valence electrons. The minimum Gasteiger partial charge on any atom is -0.315 e. The number of hydrogen-bond donors (Lipinski definition) is 1. The molecular weight excluding hydrogens is 260 g/mol. The van der Waals surface area contributed by atoms with Gasteiger partial charge in [-0.25, -0.2) is 5.48 Å². The molecule has 0 aliphatic heterocycles. The molecule has 0 fully saturated rings. The van der Waals surface area contributed by atoms with Crippen LogP contribution in [0.3, 0.4) is 0 Å². The van der Waals surface area contributed by atoms with E-state index in [1.807, 2.05) is 36.0 Å².